The normalized spacial score (nSPS) is 15.9. The maximum absolute atomic E-state index is 13.1. The van der Waals surface area contributed by atoms with Crippen LogP contribution < -0.4 is 9.64 Å². The standard InChI is InChI=1S/C24H24FN3O3S/c25-18-4-6-19(7-5-18)28-11-9-27(10-12-28)15-20(29)16-30-21-3-1-2-17(14-21)23-24-22(31-26-23)8-13-32-24/h1-8,13-14,20,29H,9-12,15-16H2/t20-/m1/s1. The average molecular weight is 454 g/mol. The lowest BCUT2D eigenvalue weighted by Gasteiger charge is -2.36. The van der Waals surface area contributed by atoms with Crippen molar-refractivity contribution in [1.82, 2.24) is 10.1 Å². The highest BCUT2D eigenvalue weighted by molar-refractivity contribution is 7.17. The molecule has 1 aliphatic rings. The van der Waals surface area contributed by atoms with Crippen molar-refractivity contribution >= 4 is 27.3 Å². The quantitative estimate of drug-likeness (QED) is 0.451. The Bertz CT molecular complexity index is 1170. The topological polar surface area (TPSA) is 62.0 Å². The molecule has 1 saturated heterocycles. The maximum atomic E-state index is 13.1. The first-order chi connectivity index (χ1) is 15.7. The first-order valence-corrected chi connectivity index (χ1v) is 11.5. The predicted octanol–water partition coefficient (Wildman–Crippen LogP) is 4.26. The molecule has 3 heterocycles. The van der Waals surface area contributed by atoms with Crippen molar-refractivity contribution in [2.45, 2.75) is 6.10 Å². The Hall–Kier alpha value is -2.94. The van der Waals surface area contributed by atoms with E-state index in [4.69, 9.17) is 9.26 Å². The van der Waals surface area contributed by atoms with E-state index >= 15 is 0 Å². The van der Waals surface area contributed by atoms with Gasteiger partial charge in [-0.15, -0.1) is 11.3 Å². The molecule has 0 unspecified atom stereocenters. The molecule has 1 fully saturated rings. The number of rotatable bonds is 7. The average Bonchev–Trinajstić information content (AvgIpc) is 3.43. The predicted molar refractivity (Wildman–Crippen MR) is 124 cm³/mol. The number of fused-ring (bicyclic) bond motifs is 1. The van der Waals surface area contributed by atoms with Crippen LogP contribution in [0.5, 0.6) is 5.75 Å². The van der Waals surface area contributed by atoms with Crippen LogP contribution in [0.4, 0.5) is 10.1 Å². The monoisotopic (exact) mass is 453 g/mol. The SMILES string of the molecule is O[C@@H](COc1cccc(-c2noc3ccsc23)c1)CN1CCN(c2ccc(F)cc2)CC1. The van der Waals surface area contributed by atoms with E-state index in [0.29, 0.717) is 12.3 Å². The zero-order valence-corrected chi connectivity index (χ0v) is 18.3. The summed E-state index contributed by atoms with van der Waals surface area (Å²) in [4.78, 5) is 4.46. The third-order valence-corrected chi connectivity index (χ3v) is 6.56. The molecule has 32 heavy (non-hydrogen) atoms. The molecule has 2 aromatic heterocycles. The second-order valence-electron chi connectivity index (χ2n) is 7.90. The Labute approximate surface area is 189 Å². The van der Waals surface area contributed by atoms with Crippen LogP contribution in [-0.4, -0.2) is 60.6 Å². The minimum Gasteiger partial charge on any atom is -0.491 e. The van der Waals surface area contributed by atoms with Crippen LogP contribution in [0.15, 0.2) is 64.5 Å². The van der Waals surface area contributed by atoms with Gasteiger partial charge < -0.3 is 19.3 Å². The fourth-order valence-electron chi connectivity index (χ4n) is 3.98. The molecule has 166 valence electrons. The number of halogens is 1. The van der Waals surface area contributed by atoms with E-state index in [-0.39, 0.29) is 12.4 Å². The first kappa shape index (κ1) is 20.9. The molecule has 2 aromatic carbocycles. The van der Waals surface area contributed by atoms with E-state index in [1.165, 1.54) is 12.1 Å². The number of hydrogen-bond acceptors (Lipinski definition) is 7. The van der Waals surface area contributed by atoms with Crippen LogP contribution in [0.25, 0.3) is 21.5 Å². The molecular weight excluding hydrogens is 429 g/mol. The summed E-state index contributed by atoms with van der Waals surface area (Å²) in [5.41, 5.74) is 3.54. The van der Waals surface area contributed by atoms with Gasteiger partial charge in [-0.25, -0.2) is 4.39 Å². The third kappa shape index (κ3) is 4.62. The Morgan fingerprint density at radius 2 is 1.91 bits per heavy atom. The number of nitrogens with zero attached hydrogens (tertiary/aromatic N) is 3. The highest BCUT2D eigenvalue weighted by Crippen LogP contribution is 2.33. The number of aliphatic hydroxyl groups is 1. The van der Waals surface area contributed by atoms with E-state index < -0.39 is 6.10 Å². The zero-order chi connectivity index (χ0) is 21.9. The van der Waals surface area contributed by atoms with Crippen molar-refractivity contribution in [1.29, 1.82) is 0 Å². The number of thiophene rings is 1. The van der Waals surface area contributed by atoms with E-state index in [9.17, 15) is 9.50 Å². The number of aliphatic hydroxyl groups excluding tert-OH is 1. The van der Waals surface area contributed by atoms with Crippen LogP contribution in [0.3, 0.4) is 0 Å². The van der Waals surface area contributed by atoms with Crippen molar-refractivity contribution in [3.8, 4) is 17.0 Å². The Kier molecular flexibility index (Phi) is 6.07. The zero-order valence-electron chi connectivity index (χ0n) is 17.5. The van der Waals surface area contributed by atoms with Gasteiger partial charge in [0.2, 0.25) is 0 Å². The van der Waals surface area contributed by atoms with Gasteiger partial charge in [-0.1, -0.05) is 17.3 Å². The number of aromatic nitrogens is 1. The second-order valence-corrected chi connectivity index (χ2v) is 8.82. The molecule has 1 atom stereocenters. The molecular formula is C24H24FN3O3S. The van der Waals surface area contributed by atoms with Gasteiger partial charge in [0.05, 0.1) is 0 Å². The molecule has 0 amide bonds. The van der Waals surface area contributed by atoms with Crippen LogP contribution in [0, 0.1) is 5.82 Å². The molecule has 0 saturated carbocycles. The molecule has 8 heteroatoms. The van der Waals surface area contributed by atoms with E-state index in [0.717, 1.165) is 53.4 Å². The van der Waals surface area contributed by atoms with Gasteiger partial charge in [0.1, 0.15) is 34.7 Å². The summed E-state index contributed by atoms with van der Waals surface area (Å²) >= 11 is 1.60. The number of hydrogen-bond donors (Lipinski definition) is 1. The lowest BCUT2D eigenvalue weighted by molar-refractivity contribution is 0.0663. The van der Waals surface area contributed by atoms with E-state index in [2.05, 4.69) is 15.0 Å². The molecule has 5 rings (SSSR count). The molecule has 0 spiro atoms. The van der Waals surface area contributed by atoms with Gasteiger partial charge >= 0.3 is 0 Å². The minimum absolute atomic E-state index is 0.217. The fraction of sp³-hybridized carbons (Fsp3) is 0.292. The number of anilines is 1. The summed E-state index contributed by atoms with van der Waals surface area (Å²) in [7, 11) is 0. The van der Waals surface area contributed by atoms with Gasteiger partial charge in [0, 0.05) is 44.0 Å². The Morgan fingerprint density at radius 1 is 1.09 bits per heavy atom. The highest BCUT2D eigenvalue weighted by atomic mass is 32.1. The van der Waals surface area contributed by atoms with Gasteiger partial charge in [0.25, 0.3) is 0 Å². The van der Waals surface area contributed by atoms with Crippen molar-refractivity contribution in [3.05, 3.63) is 65.8 Å². The molecule has 0 bridgehead atoms. The van der Waals surface area contributed by atoms with Crippen LogP contribution in [-0.2, 0) is 0 Å². The molecule has 1 aliphatic heterocycles. The summed E-state index contributed by atoms with van der Waals surface area (Å²) < 4.78 is 25.4. The van der Waals surface area contributed by atoms with Gasteiger partial charge in [-0.3, -0.25) is 4.90 Å². The summed E-state index contributed by atoms with van der Waals surface area (Å²) in [6.07, 6.45) is -0.591. The van der Waals surface area contributed by atoms with Gasteiger partial charge in [0.15, 0.2) is 5.58 Å². The third-order valence-electron chi connectivity index (χ3n) is 5.66. The lowest BCUT2D eigenvalue weighted by atomic mass is 10.1. The van der Waals surface area contributed by atoms with Crippen molar-refractivity contribution in [2.24, 2.45) is 0 Å². The second kappa shape index (κ2) is 9.28. The minimum atomic E-state index is -0.591. The van der Waals surface area contributed by atoms with Crippen LogP contribution in [0.1, 0.15) is 0 Å². The molecule has 1 N–H and O–H groups in total. The Balaban J connectivity index is 1.12. The van der Waals surface area contributed by atoms with Crippen LogP contribution >= 0.6 is 11.3 Å². The molecule has 0 radical (unpaired) electrons. The Morgan fingerprint density at radius 3 is 2.72 bits per heavy atom. The fourth-order valence-corrected chi connectivity index (χ4v) is 4.79. The largest absolute Gasteiger partial charge is 0.491 e. The summed E-state index contributed by atoms with van der Waals surface area (Å²) in [6.45, 7) is 4.14. The van der Waals surface area contributed by atoms with Crippen molar-refractivity contribution < 1.29 is 18.8 Å². The van der Waals surface area contributed by atoms with Crippen molar-refractivity contribution in [2.75, 3.05) is 44.2 Å². The number of ether oxygens (including phenoxy) is 1. The highest BCUT2D eigenvalue weighted by Gasteiger charge is 2.20. The molecule has 4 aromatic rings. The van der Waals surface area contributed by atoms with Gasteiger partial charge in [-0.2, -0.15) is 0 Å². The molecule has 6 nitrogen and oxygen atoms in total. The lowest BCUT2D eigenvalue weighted by Crippen LogP contribution is -2.49. The maximum Gasteiger partial charge on any atom is 0.178 e. The first-order valence-electron chi connectivity index (χ1n) is 10.6. The van der Waals surface area contributed by atoms with Crippen LogP contribution in [0.2, 0.25) is 0 Å². The number of β-amino-alcohol motifs (C(OH)–C–C–N with tert-alkyl or cyclic N) is 1. The smallest absolute Gasteiger partial charge is 0.178 e. The number of benzene rings is 2. The van der Waals surface area contributed by atoms with E-state index in [1.54, 1.807) is 11.3 Å². The van der Waals surface area contributed by atoms with Gasteiger partial charge in [-0.05, 0) is 47.8 Å². The molecule has 0 aliphatic carbocycles. The number of piperazine rings is 1. The van der Waals surface area contributed by atoms with E-state index in [1.807, 2.05) is 47.8 Å². The summed E-state index contributed by atoms with van der Waals surface area (Å²) in [6, 6.07) is 16.2. The summed E-state index contributed by atoms with van der Waals surface area (Å²) in [5, 5.41) is 16.6. The summed E-state index contributed by atoms with van der Waals surface area (Å²) in [5.74, 6) is 0.470. The van der Waals surface area contributed by atoms with Crippen molar-refractivity contribution in [3.63, 3.8) is 0 Å².